The van der Waals surface area contributed by atoms with Crippen molar-refractivity contribution >= 4 is 34.6 Å². The van der Waals surface area contributed by atoms with Crippen molar-refractivity contribution in [2.24, 2.45) is 0 Å². The molecule has 0 aromatic carbocycles. The van der Waals surface area contributed by atoms with E-state index in [-0.39, 0.29) is 24.5 Å². The van der Waals surface area contributed by atoms with E-state index in [1.807, 2.05) is 0 Å². The van der Waals surface area contributed by atoms with Crippen LogP contribution in [0, 0.1) is 0 Å². The van der Waals surface area contributed by atoms with E-state index in [0.29, 0.717) is 15.8 Å². The van der Waals surface area contributed by atoms with Gasteiger partial charge in [0.1, 0.15) is 0 Å². The number of carbonyl (C=O) groups is 2. The van der Waals surface area contributed by atoms with Gasteiger partial charge in [0.2, 0.25) is 5.91 Å². The highest BCUT2D eigenvalue weighted by Gasteiger charge is 2.13. The molecular formula is C16H24ClN3O2S. The van der Waals surface area contributed by atoms with Gasteiger partial charge in [-0.3, -0.25) is 9.59 Å². The second kappa shape index (κ2) is 9.37. The predicted molar refractivity (Wildman–Crippen MR) is 94.5 cm³/mol. The molecular weight excluding hydrogens is 334 g/mol. The molecule has 5 nitrogen and oxygen atoms in total. The van der Waals surface area contributed by atoms with Crippen molar-refractivity contribution in [1.82, 2.24) is 15.1 Å². The molecule has 1 fully saturated rings. The predicted octanol–water partition coefficient (Wildman–Crippen LogP) is 2.12. The van der Waals surface area contributed by atoms with Crippen LogP contribution in [0.15, 0.2) is 12.1 Å². The second-order valence-corrected chi connectivity index (χ2v) is 7.59. The van der Waals surface area contributed by atoms with Crippen LogP contribution in [0.2, 0.25) is 4.34 Å². The zero-order valence-electron chi connectivity index (χ0n) is 13.5. The number of amides is 1. The Hall–Kier alpha value is -0.950. The van der Waals surface area contributed by atoms with Crippen LogP contribution < -0.4 is 5.32 Å². The minimum absolute atomic E-state index is 0.0190. The molecule has 0 spiro atoms. The lowest BCUT2D eigenvalue weighted by Gasteiger charge is -2.32. The largest absolute Gasteiger partial charge is 0.356 e. The van der Waals surface area contributed by atoms with E-state index in [1.165, 1.54) is 11.3 Å². The number of nitrogens with zero attached hydrogens (tertiary/aromatic N) is 2. The first-order valence-electron chi connectivity index (χ1n) is 8.01. The highest BCUT2D eigenvalue weighted by Crippen LogP contribution is 2.22. The molecule has 1 N–H and O–H groups in total. The molecule has 1 aliphatic rings. The monoisotopic (exact) mass is 357 g/mol. The van der Waals surface area contributed by atoms with Crippen LogP contribution in [0.5, 0.6) is 0 Å². The zero-order valence-corrected chi connectivity index (χ0v) is 15.1. The lowest BCUT2D eigenvalue weighted by Crippen LogP contribution is -2.45. The lowest BCUT2D eigenvalue weighted by atomic mass is 10.2. The Labute approximate surface area is 146 Å². The fourth-order valence-electron chi connectivity index (χ4n) is 2.50. The third-order valence-electron chi connectivity index (χ3n) is 4.00. The Kier molecular flexibility index (Phi) is 7.49. The Morgan fingerprint density at radius 2 is 1.96 bits per heavy atom. The maximum atomic E-state index is 11.9. The summed E-state index contributed by atoms with van der Waals surface area (Å²) in [5.41, 5.74) is 0. The number of hydrogen-bond donors (Lipinski definition) is 1. The number of nitrogens with one attached hydrogen (secondary N) is 1. The number of halogens is 1. The van der Waals surface area contributed by atoms with Crippen LogP contribution >= 0.6 is 22.9 Å². The van der Waals surface area contributed by atoms with Gasteiger partial charge in [-0.15, -0.1) is 11.3 Å². The fourth-order valence-corrected chi connectivity index (χ4v) is 3.52. The summed E-state index contributed by atoms with van der Waals surface area (Å²) in [6.45, 7) is 6.11. The molecule has 1 aromatic heterocycles. The summed E-state index contributed by atoms with van der Waals surface area (Å²) in [5, 5.41) is 2.89. The van der Waals surface area contributed by atoms with E-state index in [9.17, 15) is 9.59 Å². The molecule has 23 heavy (non-hydrogen) atoms. The standard InChI is InChI=1S/C16H24ClN3O2S/c1-19-9-11-20(12-10-19)8-2-7-18-16(22)6-3-13(21)14-4-5-15(17)23-14/h4-5H,2-3,6-12H2,1H3,(H,18,22). The highest BCUT2D eigenvalue weighted by atomic mass is 35.5. The van der Waals surface area contributed by atoms with Crippen LogP contribution in [-0.2, 0) is 4.79 Å². The Morgan fingerprint density at radius 1 is 1.22 bits per heavy atom. The summed E-state index contributed by atoms with van der Waals surface area (Å²) in [6, 6.07) is 3.42. The van der Waals surface area contributed by atoms with Gasteiger partial charge in [0.25, 0.3) is 0 Å². The molecule has 2 heterocycles. The molecule has 128 valence electrons. The van der Waals surface area contributed by atoms with E-state index >= 15 is 0 Å². The summed E-state index contributed by atoms with van der Waals surface area (Å²) in [4.78, 5) is 29.0. The Bertz CT molecular complexity index is 527. The van der Waals surface area contributed by atoms with Gasteiger partial charge in [-0.1, -0.05) is 11.6 Å². The SMILES string of the molecule is CN1CCN(CCCNC(=O)CCC(=O)c2ccc(Cl)s2)CC1. The number of thiophene rings is 1. The van der Waals surface area contributed by atoms with E-state index in [4.69, 9.17) is 11.6 Å². The highest BCUT2D eigenvalue weighted by molar-refractivity contribution is 7.18. The van der Waals surface area contributed by atoms with Crippen LogP contribution in [0.3, 0.4) is 0 Å². The van der Waals surface area contributed by atoms with Gasteiger partial charge in [0.15, 0.2) is 5.78 Å². The van der Waals surface area contributed by atoms with Gasteiger partial charge in [0.05, 0.1) is 9.21 Å². The van der Waals surface area contributed by atoms with Crippen LogP contribution in [0.1, 0.15) is 28.9 Å². The maximum absolute atomic E-state index is 11.9. The number of Topliss-reactive ketones (excluding diaryl/α,β-unsaturated/α-hetero) is 1. The van der Waals surface area contributed by atoms with Crippen molar-refractivity contribution in [3.63, 3.8) is 0 Å². The number of carbonyl (C=O) groups excluding carboxylic acids is 2. The van der Waals surface area contributed by atoms with Crippen molar-refractivity contribution in [3.8, 4) is 0 Å². The van der Waals surface area contributed by atoms with E-state index in [0.717, 1.165) is 39.1 Å². The molecule has 1 amide bonds. The van der Waals surface area contributed by atoms with Gasteiger partial charge < -0.3 is 15.1 Å². The number of hydrogen-bond acceptors (Lipinski definition) is 5. The number of likely N-dealkylation sites (N-methyl/N-ethyl adjacent to an activating group) is 1. The molecule has 1 aliphatic heterocycles. The topological polar surface area (TPSA) is 52.6 Å². The summed E-state index contributed by atoms with van der Waals surface area (Å²) in [6.07, 6.45) is 1.42. The quantitative estimate of drug-likeness (QED) is 0.572. The average molecular weight is 358 g/mol. The second-order valence-electron chi connectivity index (χ2n) is 5.88. The van der Waals surface area contributed by atoms with Crippen LogP contribution in [0.4, 0.5) is 0 Å². The van der Waals surface area contributed by atoms with Gasteiger partial charge in [-0.2, -0.15) is 0 Å². The van der Waals surface area contributed by atoms with Crippen LogP contribution in [0.25, 0.3) is 0 Å². The zero-order chi connectivity index (χ0) is 16.7. The Morgan fingerprint density at radius 3 is 2.61 bits per heavy atom. The van der Waals surface area contributed by atoms with E-state index < -0.39 is 0 Å². The summed E-state index contributed by atoms with van der Waals surface area (Å²) in [7, 11) is 2.14. The van der Waals surface area contributed by atoms with E-state index in [1.54, 1.807) is 12.1 Å². The minimum Gasteiger partial charge on any atom is -0.356 e. The van der Waals surface area contributed by atoms with Gasteiger partial charge in [0, 0.05) is 45.6 Å². The van der Waals surface area contributed by atoms with E-state index in [2.05, 4.69) is 22.2 Å². The number of piperazine rings is 1. The first-order valence-corrected chi connectivity index (χ1v) is 9.20. The minimum atomic E-state index is -0.0561. The molecule has 0 bridgehead atoms. The van der Waals surface area contributed by atoms with Crippen LogP contribution in [-0.4, -0.2) is 67.8 Å². The average Bonchev–Trinajstić information content (AvgIpc) is 2.97. The van der Waals surface area contributed by atoms with Crippen molar-refractivity contribution in [2.45, 2.75) is 19.3 Å². The third kappa shape index (κ3) is 6.59. The molecule has 0 aliphatic carbocycles. The molecule has 2 rings (SSSR count). The normalized spacial score (nSPS) is 16.4. The molecule has 7 heteroatoms. The van der Waals surface area contributed by atoms with Crippen molar-refractivity contribution in [2.75, 3.05) is 46.3 Å². The molecule has 0 unspecified atom stereocenters. The fraction of sp³-hybridized carbons (Fsp3) is 0.625. The summed E-state index contributed by atoms with van der Waals surface area (Å²) in [5.74, 6) is -0.0751. The molecule has 0 atom stereocenters. The molecule has 1 aromatic rings. The smallest absolute Gasteiger partial charge is 0.220 e. The summed E-state index contributed by atoms with van der Waals surface area (Å²) >= 11 is 7.06. The van der Waals surface area contributed by atoms with Crippen molar-refractivity contribution in [1.29, 1.82) is 0 Å². The first-order chi connectivity index (χ1) is 11.0. The molecule has 1 saturated heterocycles. The molecule has 0 saturated carbocycles. The van der Waals surface area contributed by atoms with Crippen molar-refractivity contribution in [3.05, 3.63) is 21.3 Å². The first kappa shape index (κ1) is 18.4. The number of ketones is 1. The van der Waals surface area contributed by atoms with Gasteiger partial charge in [-0.05, 0) is 32.1 Å². The molecule has 0 radical (unpaired) electrons. The van der Waals surface area contributed by atoms with Crippen molar-refractivity contribution < 1.29 is 9.59 Å². The van der Waals surface area contributed by atoms with Gasteiger partial charge in [-0.25, -0.2) is 0 Å². The summed E-state index contributed by atoms with van der Waals surface area (Å²) < 4.78 is 0.599. The van der Waals surface area contributed by atoms with Gasteiger partial charge >= 0.3 is 0 Å². The number of rotatable bonds is 8. The lowest BCUT2D eigenvalue weighted by molar-refractivity contribution is -0.121. The maximum Gasteiger partial charge on any atom is 0.220 e. The Balaban J connectivity index is 1.54. The third-order valence-corrected chi connectivity index (χ3v) is 5.27.